The second-order valence-electron chi connectivity index (χ2n) is 4.48. The molecule has 3 heteroatoms. The van der Waals surface area contributed by atoms with Gasteiger partial charge in [0, 0.05) is 13.0 Å². The zero-order valence-corrected chi connectivity index (χ0v) is 11.4. The lowest BCUT2D eigenvalue weighted by Gasteiger charge is -2.23. The Labute approximate surface area is 114 Å². The molecule has 19 heavy (non-hydrogen) atoms. The van der Waals surface area contributed by atoms with Gasteiger partial charge in [-0.1, -0.05) is 37.3 Å². The van der Waals surface area contributed by atoms with E-state index in [2.05, 4.69) is 4.99 Å². The van der Waals surface area contributed by atoms with Crippen LogP contribution in [0.2, 0.25) is 0 Å². The first-order valence-corrected chi connectivity index (χ1v) is 6.76. The van der Waals surface area contributed by atoms with Crippen LogP contribution in [0.1, 0.15) is 43.9 Å². The number of hydrogen-bond acceptors (Lipinski definition) is 2. The van der Waals surface area contributed by atoms with Crippen LogP contribution in [-0.4, -0.2) is 18.2 Å². The molecule has 0 aliphatic heterocycles. The second kappa shape index (κ2) is 6.43. The molecule has 0 saturated heterocycles. The number of benzene rings is 1. The van der Waals surface area contributed by atoms with Crippen LogP contribution in [0.5, 0.6) is 0 Å². The fourth-order valence-corrected chi connectivity index (χ4v) is 2.17. The summed E-state index contributed by atoms with van der Waals surface area (Å²) in [5.41, 5.74) is 2.91. The van der Waals surface area contributed by atoms with Gasteiger partial charge in [0.05, 0.1) is 5.71 Å². The van der Waals surface area contributed by atoms with Crippen molar-refractivity contribution in [3.05, 3.63) is 41.5 Å². The van der Waals surface area contributed by atoms with E-state index in [9.17, 15) is 4.79 Å². The van der Waals surface area contributed by atoms with Crippen molar-refractivity contribution in [2.24, 2.45) is 4.99 Å². The lowest BCUT2D eigenvalue weighted by Crippen LogP contribution is -2.19. The molecule has 0 fully saturated rings. The van der Waals surface area contributed by atoms with Crippen LogP contribution in [0.25, 0.3) is 6.08 Å². The van der Waals surface area contributed by atoms with Crippen molar-refractivity contribution >= 4 is 17.7 Å². The van der Waals surface area contributed by atoms with Gasteiger partial charge in [0.25, 0.3) is 0 Å². The summed E-state index contributed by atoms with van der Waals surface area (Å²) >= 11 is 0. The van der Waals surface area contributed by atoms with Crippen LogP contribution in [-0.2, 0) is 9.53 Å². The standard InChI is InChI=1S/C16H19NO2/c1-3-7-15(18)17-14-11-10-12-8-5-6-9-13(12)16(14)19-4-2/h5-6,8-11,16H,3-4,7H2,1-2H3/b17-14+. The largest absolute Gasteiger partial charge is 0.367 e. The topological polar surface area (TPSA) is 38.7 Å². The Morgan fingerprint density at radius 1 is 1.26 bits per heavy atom. The Morgan fingerprint density at radius 3 is 2.79 bits per heavy atom. The minimum atomic E-state index is -0.230. The smallest absolute Gasteiger partial charge is 0.245 e. The van der Waals surface area contributed by atoms with E-state index in [1.807, 2.05) is 50.3 Å². The predicted molar refractivity (Wildman–Crippen MR) is 77.2 cm³/mol. The Morgan fingerprint density at radius 2 is 2.05 bits per heavy atom. The molecule has 0 aromatic heterocycles. The average molecular weight is 257 g/mol. The van der Waals surface area contributed by atoms with E-state index < -0.39 is 0 Å². The van der Waals surface area contributed by atoms with Crippen molar-refractivity contribution in [3.63, 3.8) is 0 Å². The number of amides is 1. The monoisotopic (exact) mass is 257 g/mol. The van der Waals surface area contributed by atoms with Gasteiger partial charge in [-0.3, -0.25) is 4.79 Å². The Hall–Kier alpha value is -1.74. The number of fused-ring (bicyclic) bond motifs is 1. The van der Waals surface area contributed by atoms with Gasteiger partial charge >= 0.3 is 0 Å². The first kappa shape index (κ1) is 13.7. The summed E-state index contributed by atoms with van der Waals surface area (Å²) in [6, 6.07) is 8.05. The van der Waals surface area contributed by atoms with E-state index in [0.717, 1.165) is 17.5 Å². The molecule has 1 aromatic carbocycles. The average Bonchev–Trinajstić information content (AvgIpc) is 2.42. The number of hydrogen-bond donors (Lipinski definition) is 0. The zero-order chi connectivity index (χ0) is 13.7. The van der Waals surface area contributed by atoms with E-state index in [4.69, 9.17) is 4.74 Å². The highest BCUT2D eigenvalue weighted by atomic mass is 16.5. The summed E-state index contributed by atoms with van der Waals surface area (Å²) in [5.74, 6) is -0.0776. The molecule has 1 unspecified atom stereocenters. The van der Waals surface area contributed by atoms with Crippen molar-refractivity contribution in [3.8, 4) is 0 Å². The van der Waals surface area contributed by atoms with Gasteiger partial charge in [-0.15, -0.1) is 0 Å². The van der Waals surface area contributed by atoms with E-state index in [0.29, 0.717) is 18.7 Å². The molecular weight excluding hydrogens is 238 g/mol. The maximum absolute atomic E-state index is 11.7. The van der Waals surface area contributed by atoms with E-state index in [1.165, 1.54) is 0 Å². The molecule has 0 spiro atoms. The van der Waals surface area contributed by atoms with Gasteiger partial charge in [-0.05, 0) is 30.5 Å². The molecule has 0 radical (unpaired) electrons. The molecule has 0 N–H and O–H groups in total. The Bertz CT molecular complexity index is 517. The third kappa shape index (κ3) is 3.18. The number of rotatable bonds is 4. The van der Waals surface area contributed by atoms with Crippen molar-refractivity contribution in [2.75, 3.05) is 6.61 Å². The van der Waals surface area contributed by atoms with E-state index in [1.54, 1.807) is 0 Å². The highest BCUT2D eigenvalue weighted by Gasteiger charge is 2.23. The van der Waals surface area contributed by atoms with E-state index in [-0.39, 0.29) is 12.0 Å². The van der Waals surface area contributed by atoms with Crippen LogP contribution in [0, 0.1) is 0 Å². The third-order valence-corrected chi connectivity index (χ3v) is 3.03. The summed E-state index contributed by atoms with van der Waals surface area (Å²) in [6.45, 7) is 4.52. The Balaban J connectivity index is 2.34. The normalized spacial score (nSPS) is 19.5. The maximum Gasteiger partial charge on any atom is 0.245 e. The second-order valence-corrected chi connectivity index (χ2v) is 4.48. The van der Waals surface area contributed by atoms with Crippen molar-refractivity contribution in [1.29, 1.82) is 0 Å². The Kier molecular flexibility index (Phi) is 4.63. The van der Waals surface area contributed by atoms with Crippen molar-refractivity contribution in [2.45, 2.75) is 32.8 Å². The number of ether oxygens (including phenoxy) is 1. The van der Waals surface area contributed by atoms with Crippen LogP contribution in [0.3, 0.4) is 0 Å². The van der Waals surface area contributed by atoms with E-state index >= 15 is 0 Å². The summed E-state index contributed by atoms with van der Waals surface area (Å²) < 4.78 is 5.77. The van der Waals surface area contributed by atoms with Crippen molar-refractivity contribution < 1.29 is 9.53 Å². The molecule has 0 bridgehead atoms. The summed E-state index contributed by atoms with van der Waals surface area (Å²) in [4.78, 5) is 15.9. The van der Waals surface area contributed by atoms with Gasteiger partial charge in [0.2, 0.25) is 5.91 Å². The highest BCUT2D eigenvalue weighted by Crippen LogP contribution is 2.29. The maximum atomic E-state index is 11.7. The van der Waals surface area contributed by atoms with Gasteiger partial charge < -0.3 is 4.74 Å². The van der Waals surface area contributed by atoms with Crippen molar-refractivity contribution in [1.82, 2.24) is 0 Å². The molecule has 1 aromatic rings. The predicted octanol–water partition coefficient (Wildman–Crippen LogP) is 3.56. The molecule has 1 aliphatic carbocycles. The first-order valence-electron chi connectivity index (χ1n) is 6.76. The minimum Gasteiger partial charge on any atom is -0.367 e. The molecule has 1 aliphatic rings. The van der Waals surface area contributed by atoms with Gasteiger partial charge in [0.1, 0.15) is 6.10 Å². The number of carbonyl (C=O) groups is 1. The molecule has 0 saturated carbocycles. The first-order chi connectivity index (χ1) is 9.26. The van der Waals surface area contributed by atoms with Crippen LogP contribution < -0.4 is 0 Å². The zero-order valence-electron chi connectivity index (χ0n) is 11.4. The number of carbonyl (C=O) groups excluding carboxylic acids is 1. The fourth-order valence-electron chi connectivity index (χ4n) is 2.17. The molecule has 100 valence electrons. The van der Waals surface area contributed by atoms with Crippen LogP contribution in [0.15, 0.2) is 35.3 Å². The summed E-state index contributed by atoms with van der Waals surface area (Å²) in [7, 11) is 0. The molecule has 2 rings (SSSR count). The summed E-state index contributed by atoms with van der Waals surface area (Å²) in [5, 5.41) is 0. The number of aliphatic imine (C=N–C) groups is 1. The lowest BCUT2D eigenvalue weighted by atomic mass is 9.93. The SMILES string of the molecule is CCCC(=O)/N=C1\C=Cc2ccccc2C1OCC. The quantitative estimate of drug-likeness (QED) is 0.827. The lowest BCUT2D eigenvalue weighted by molar-refractivity contribution is -0.117. The summed E-state index contributed by atoms with van der Waals surface area (Å²) in [6.07, 6.45) is 4.94. The third-order valence-electron chi connectivity index (χ3n) is 3.03. The molecule has 0 heterocycles. The minimum absolute atomic E-state index is 0.0776. The molecular formula is C16H19NO2. The van der Waals surface area contributed by atoms with Crippen LogP contribution in [0.4, 0.5) is 0 Å². The van der Waals surface area contributed by atoms with Gasteiger partial charge in [0.15, 0.2) is 0 Å². The fraction of sp³-hybridized carbons (Fsp3) is 0.375. The van der Waals surface area contributed by atoms with Gasteiger partial charge in [-0.25, -0.2) is 4.99 Å². The van der Waals surface area contributed by atoms with Gasteiger partial charge in [-0.2, -0.15) is 0 Å². The highest BCUT2D eigenvalue weighted by molar-refractivity contribution is 6.09. The molecule has 1 amide bonds. The van der Waals surface area contributed by atoms with Crippen LogP contribution >= 0.6 is 0 Å². The molecule has 3 nitrogen and oxygen atoms in total. The number of nitrogens with zero attached hydrogens (tertiary/aromatic N) is 1. The molecule has 1 atom stereocenters.